The van der Waals surface area contributed by atoms with Crippen LogP contribution >= 0.6 is 0 Å². The van der Waals surface area contributed by atoms with E-state index in [2.05, 4.69) is 133 Å². The minimum atomic E-state index is 0.609. The topological polar surface area (TPSA) is 51.8 Å². The van der Waals surface area contributed by atoms with Gasteiger partial charge >= 0.3 is 0 Å². The summed E-state index contributed by atoms with van der Waals surface area (Å²) >= 11 is 0. The van der Waals surface area contributed by atoms with E-state index in [-0.39, 0.29) is 0 Å². The zero-order valence-electron chi connectivity index (χ0n) is 27.3. The van der Waals surface area contributed by atoms with E-state index in [0.717, 1.165) is 55.1 Å². The lowest BCUT2D eigenvalue weighted by molar-refractivity contribution is 0.669. The smallest absolute Gasteiger partial charge is 0.164 e. The molecule has 0 radical (unpaired) electrons. The Labute approximate surface area is 293 Å². The van der Waals surface area contributed by atoms with Gasteiger partial charge in [-0.25, -0.2) is 15.0 Å². The average Bonchev–Trinajstić information content (AvgIpc) is 3.74. The summed E-state index contributed by atoms with van der Waals surface area (Å²) in [4.78, 5) is 15.5. The zero-order valence-corrected chi connectivity index (χ0v) is 27.3. The molecule has 0 aliphatic heterocycles. The Morgan fingerprint density at radius 1 is 0.314 bits per heavy atom. The van der Waals surface area contributed by atoms with Crippen LogP contribution in [-0.2, 0) is 0 Å². The first-order valence-electron chi connectivity index (χ1n) is 17.2. The predicted octanol–water partition coefficient (Wildman–Crippen LogP) is 12.4. The molecule has 11 rings (SSSR count). The molecule has 51 heavy (non-hydrogen) atoms. The highest BCUT2D eigenvalue weighted by molar-refractivity contribution is 6.18. The molecular formula is C47H27N3O. The molecule has 4 nitrogen and oxygen atoms in total. The fraction of sp³-hybridized carbons (Fsp3) is 0. The van der Waals surface area contributed by atoms with E-state index in [0.29, 0.717) is 17.5 Å². The van der Waals surface area contributed by atoms with Gasteiger partial charge in [0.05, 0.1) is 0 Å². The molecule has 0 spiro atoms. The van der Waals surface area contributed by atoms with E-state index in [1.54, 1.807) is 0 Å². The van der Waals surface area contributed by atoms with Gasteiger partial charge in [-0.1, -0.05) is 133 Å². The molecule has 0 amide bonds. The number of furan rings is 1. The number of hydrogen-bond donors (Lipinski definition) is 0. The van der Waals surface area contributed by atoms with Crippen molar-refractivity contribution in [2.75, 3.05) is 0 Å². The minimum Gasteiger partial charge on any atom is -0.456 e. The van der Waals surface area contributed by atoms with E-state index < -0.39 is 0 Å². The van der Waals surface area contributed by atoms with Gasteiger partial charge in [0.2, 0.25) is 0 Å². The minimum absolute atomic E-state index is 0.609. The molecule has 0 atom stereocenters. The largest absolute Gasteiger partial charge is 0.456 e. The van der Waals surface area contributed by atoms with Crippen LogP contribution in [0.4, 0.5) is 0 Å². The molecule has 10 aromatic rings. The number of aromatic nitrogens is 3. The van der Waals surface area contributed by atoms with Crippen LogP contribution in [0.5, 0.6) is 0 Å². The van der Waals surface area contributed by atoms with Crippen LogP contribution in [0.3, 0.4) is 0 Å². The van der Waals surface area contributed by atoms with Crippen LogP contribution in [0.1, 0.15) is 0 Å². The summed E-state index contributed by atoms with van der Waals surface area (Å²) < 4.78 is 6.54. The van der Waals surface area contributed by atoms with Gasteiger partial charge in [0.25, 0.3) is 0 Å². The highest BCUT2D eigenvalue weighted by Gasteiger charge is 2.24. The second kappa shape index (κ2) is 10.8. The van der Waals surface area contributed by atoms with Crippen molar-refractivity contribution in [2.24, 2.45) is 0 Å². The molecule has 0 N–H and O–H groups in total. The molecule has 2 aromatic heterocycles. The first-order valence-corrected chi connectivity index (χ1v) is 17.2. The van der Waals surface area contributed by atoms with Crippen molar-refractivity contribution in [1.82, 2.24) is 15.0 Å². The summed E-state index contributed by atoms with van der Waals surface area (Å²) in [7, 11) is 0. The van der Waals surface area contributed by atoms with E-state index in [4.69, 9.17) is 19.4 Å². The van der Waals surface area contributed by atoms with Gasteiger partial charge in [-0.3, -0.25) is 0 Å². The van der Waals surface area contributed by atoms with Gasteiger partial charge in [0.15, 0.2) is 17.5 Å². The number of hydrogen-bond acceptors (Lipinski definition) is 4. The van der Waals surface area contributed by atoms with Crippen LogP contribution in [-0.4, -0.2) is 15.0 Å². The maximum Gasteiger partial charge on any atom is 0.164 e. The van der Waals surface area contributed by atoms with Crippen molar-refractivity contribution >= 4 is 43.5 Å². The number of nitrogens with zero attached hydrogens (tertiary/aromatic N) is 3. The fourth-order valence-electron chi connectivity index (χ4n) is 7.90. The monoisotopic (exact) mass is 649 g/mol. The van der Waals surface area contributed by atoms with Crippen LogP contribution in [0.25, 0.3) is 111 Å². The molecular weight excluding hydrogens is 623 g/mol. The van der Waals surface area contributed by atoms with Gasteiger partial charge in [-0.15, -0.1) is 0 Å². The molecule has 1 aliphatic rings. The van der Waals surface area contributed by atoms with Crippen LogP contribution in [0.2, 0.25) is 0 Å². The Balaban J connectivity index is 1.11. The second-order valence-corrected chi connectivity index (χ2v) is 13.2. The average molecular weight is 650 g/mol. The third kappa shape index (κ3) is 4.30. The van der Waals surface area contributed by atoms with Crippen molar-refractivity contribution in [1.29, 1.82) is 0 Å². The molecule has 8 aromatic carbocycles. The Kier molecular flexibility index (Phi) is 5.92. The van der Waals surface area contributed by atoms with Crippen LogP contribution in [0, 0.1) is 0 Å². The van der Waals surface area contributed by atoms with Crippen molar-refractivity contribution in [2.45, 2.75) is 0 Å². The third-order valence-corrected chi connectivity index (χ3v) is 10.3. The Morgan fingerprint density at radius 2 is 0.941 bits per heavy atom. The lowest BCUT2D eigenvalue weighted by atomic mass is 9.98. The van der Waals surface area contributed by atoms with Gasteiger partial charge in [0, 0.05) is 27.5 Å². The molecule has 236 valence electrons. The van der Waals surface area contributed by atoms with Crippen molar-refractivity contribution in [3.8, 4) is 67.5 Å². The van der Waals surface area contributed by atoms with Crippen LogP contribution < -0.4 is 0 Å². The molecule has 0 fully saturated rings. The molecule has 2 heterocycles. The van der Waals surface area contributed by atoms with E-state index in [1.807, 2.05) is 30.3 Å². The van der Waals surface area contributed by atoms with Crippen LogP contribution in [0.15, 0.2) is 168 Å². The number of rotatable bonds is 4. The maximum atomic E-state index is 6.54. The SMILES string of the molecule is c1ccc(-c2nc(-c3ccc4c5c(cccc35)-c3ccccc3-4)nc(-c3cccc4oc5cc(-c6ccc7ccccc7c6)ccc5c34)n2)cc1. The molecule has 1 aliphatic carbocycles. The predicted molar refractivity (Wildman–Crippen MR) is 208 cm³/mol. The van der Waals surface area contributed by atoms with E-state index >= 15 is 0 Å². The quantitative estimate of drug-likeness (QED) is 0.190. The van der Waals surface area contributed by atoms with E-state index in [9.17, 15) is 0 Å². The van der Waals surface area contributed by atoms with Crippen molar-refractivity contribution < 1.29 is 4.42 Å². The third-order valence-electron chi connectivity index (χ3n) is 10.3. The number of fused-ring (bicyclic) bond motifs is 7. The van der Waals surface area contributed by atoms with Gasteiger partial charge in [-0.2, -0.15) is 0 Å². The Morgan fingerprint density at radius 3 is 1.80 bits per heavy atom. The zero-order chi connectivity index (χ0) is 33.5. The first-order chi connectivity index (χ1) is 25.3. The van der Waals surface area contributed by atoms with Crippen molar-refractivity contribution in [3.63, 3.8) is 0 Å². The van der Waals surface area contributed by atoms with Gasteiger partial charge < -0.3 is 4.42 Å². The standard InChI is InChI=1S/C47H27N3O/c1-2-11-29(12-3-1)45-48-46(38-25-24-37-34-15-7-6-14-33(34)35-16-8-17-36(38)43(35)37)50-47(49-45)40-18-9-19-41-44(40)39-23-22-32(27-42(39)51-41)31-21-20-28-10-4-5-13-30(28)26-31/h1-27H. The molecule has 0 unspecified atom stereocenters. The molecule has 0 saturated carbocycles. The Hall–Kier alpha value is -6.91. The lowest BCUT2D eigenvalue weighted by Crippen LogP contribution is -2.01. The molecule has 0 saturated heterocycles. The van der Waals surface area contributed by atoms with Crippen molar-refractivity contribution in [3.05, 3.63) is 164 Å². The number of benzene rings is 8. The summed E-state index contributed by atoms with van der Waals surface area (Å²) in [5.41, 5.74) is 11.7. The van der Waals surface area contributed by atoms with Gasteiger partial charge in [-0.05, 0) is 85.3 Å². The highest BCUT2D eigenvalue weighted by Crippen LogP contribution is 2.49. The van der Waals surface area contributed by atoms with Gasteiger partial charge in [0.1, 0.15) is 11.2 Å². The normalized spacial score (nSPS) is 11.9. The summed E-state index contributed by atoms with van der Waals surface area (Å²) in [6, 6.07) is 57.4. The molecule has 0 bridgehead atoms. The Bertz CT molecular complexity index is 3000. The summed E-state index contributed by atoms with van der Waals surface area (Å²) in [5.74, 6) is 1.88. The second-order valence-electron chi connectivity index (χ2n) is 13.2. The molecule has 4 heteroatoms. The van der Waals surface area contributed by atoms with E-state index in [1.165, 1.54) is 38.4 Å². The fourth-order valence-corrected chi connectivity index (χ4v) is 7.90. The summed E-state index contributed by atoms with van der Waals surface area (Å²) in [6.07, 6.45) is 0. The first kappa shape index (κ1) is 28.0. The summed E-state index contributed by atoms with van der Waals surface area (Å²) in [6.45, 7) is 0. The lowest BCUT2D eigenvalue weighted by Gasteiger charge is -2.12. The maximum absolute atomic E-state index is 6.54. The highest BCUT2D eigenvalue weighted by atomic mass is 16.3. The summed E-state index contributed by atoms with van der Waals surface area (Å²) in [5, 5.41) is 6.83.